The lowest BCUT2D eigenvalue weighted by Gasteiger charge is -2.42. The monoisotopic (exact) mass is 266 g/mol. The molecule has 0 aromatic rings. The van der Waals surface area contributed by atoms with E-state index in [1.54, 1.807) is 0 Å². The van der Waals surface area contributed by atoms with Gasteiger partial charge in [-0.1, -0.05) is 26.3 Å². The van der Waals surface area contributed by atoms with E-state index in [9.17, 15) is 0 Å². The van der Waals surface area contributed by atoms with E-state index in [-0.39, 0.29) is 0 Å². The molecule has 1 aliphatic heterocycles. The molecule has 1 fully saturated rings. The first kappa shape index (κ1) is 16.7. The van der Waals surface area contributed by atoms with Crippen LogP contribution >= 0.6 is 0 Å². The summed E-state index contributed by atoms with van der Waals surface area (Å²) in [6.45, 7) is 17.9. The van der Waals surface area contributed by atoms with Crippen molar-refractivity contribution in [3.05, 3.63) is 12.2 Å². The number of likely N-dealkylation sites (N-methyl/N-ethyl adjacent to an activating group) is 1. The number of allylic oxidation sites excluding steroid dienone is 1. The maximum atomic E-state index is 4.04. The summed E-state index contributed by atoms with van der Waals surface area (Å²) in [6.07, 6.45) is 6.86. The Hall–Kier alpha value is -0.340. The maximum Gasteiger partial charge on any atom is 0.0657 e. The van der Waals surface area contributed by atoms with Crippen molar-refractivity contribution >= 4 is 0 Å². The zero-order chi connectivity index (χ0) is 14.5. The van der Waals surface area contributed by atoms with Crippen LogP contribution in [0, 0.1) is 5.41 Å². The molecule has 0 aromatic carbocycles. The highest BCUT2D eigenvalue weighted by Crippen LogP contribution is 2.40. The van der Waals surface area contributed by atoms with Crippen LogP contribution in [0.3, 0.4) is 0 Å². The predicted molar refractivity (Wildman–Crippen MR) is 85.3 cm³/mol. The molecule has 0 spiro atoms. The fourth-order valence-corrected chi connectivity index (χ4v) is 3.63. The van der Waals surface area contributed by atoms with Crippen LogP contribution in [0.5, 0.6) is 0 Å². The average Bonchev–Trinajstić information content (AvgIpc) is 2.76. The number of rotatable bonds is 8. The van der Waals surface area contributed by atoms with E-state index in [2.05, 4.69) is 51.4 Å². The zero-order valence-electron chi connectivity index (χ0n) is 13.8. The SMILES string of the molecule is C=C(C)CCCC(CC)(CC)C1NC(C)CN1CC. The second kappa shape index (κ2) is 7.44. The normalized spacial score (nSPS) is 24.9. The summed E-state index contributed by atoms with van der Waals surface area (Å²) in [4.78, 5) is 2.64. The van der Waals surface area contributed by atoms with Crippen molar-refractivity contribution in [2.45, 2.75) is 78.9 Å². The molecule has 0 radical (unpaired) electrons. The van der Waals surface area contributed by atoms with Crippen LogP contribution < -0.4 is 5.32 Å². The molecule has 0 bridgehead atoms. The molecular formula is C17H34N2. The average molecular weight is 266 g/mol. The lowest BCUT2D eigenvalue weighted by molar-refractivity contribution is 0.0641. The maximum absolute atomic E-state index is 4.04. The van der Waals surface area contributed by atoms with Crippen molar-refractivity contribution < 1.29 is 0 Å². The summed E-state index contributed by atoms with van der Waals surface area (Å²) in [5.74, 6) is 0. The van der Waals surface area contributed by atoms with Gasteiger partial charge in [-0.15, -0.1) is 6.58 Å². The van der Waals surface area contributed by atoms with Gasteiger partial charge < -0.3 is 0 Å². The van der Waals surface area contributed by atoms with E-state index < -0.39 is 0 Å². The minimum atomic E-state index is 0.427. The Labute approximate surface area is 120 Å². The first-order chi connectivity index (χ1) is 8.99. The van der Waals surface area contributed by atoms with Gasteiger partial charge in [0.1, 0.15) is 0 Å². The van der Waals surface area contributed by atoms with Gasteiger partial charge in [0.2, 0.25) is 0 Å². The highest BCUT2D eigenvalue weighted by atomic mass is 15.3. The molecule has 0 amide bonds. The molecule has 0 aliphatic carbocycles. The lowest BCUT2D eigenvalue weighted by atomic mass is 9.74. The molecule has 1 aliphatic rings. The van der Waals surface area contributed by atoms with Crippen LogP contribution in [0.2, 0.25) is 0 Å². The van der Waals surface area contributed by atoms with Gasteiger partial charge in [0.25, 0.3) is 0 Å². The van der Waals surface area contributed by atoms with Gasteiger partial charge in [0.15, 0.2) is 0 Å². The van der Waals surface area contributed by atoms with Crippen molar-refractivity contribution in [1.82, 2.24) is 10.2 Å². The smallest absolute Gasteiger partial charge is 0.0657 e. The van der Waals surface area contributed by atoms with Gasteiger partial charge in [-0.2, -0.15) is 0 Å². The van der Waals surface area contributed by atoms with Crippen LogP contribution in [0.4, 0.5) is 0 Å². The van der Waals surface area contributed by atoms with Gasteiger partial charge in [-0.25, -0.2) is 0 Å². The molecule has 19 heavy (non-hydrogen) atoms. The van der Waals surface area contributed by atoms with E-state index in [0.717, 1.165) is 6.54 Å². The van der Waals surface area contributed by atoms with E-state index >= 15 is 0 Å². The molecular weight excluding hydrogens is 232 g/mol. The first-order valence-corrected chi connectivity index (χ1v) is 8.13. The van der Waals surface area contributed by atoms with E-state index in [1.165, 1.54) is 44.2 Å². The topological polar surface area (TPSA) is 15.3 Å². The quantitative estimate of drug-likeness (QED) is 0.663. The zero-order valence-corrected chi connectivity index (χ0v) is 13.8. The Balaban J connectivity index is 2.76. The van der Waals surface area contributed by atoms with Crippen LogP contribution in [-0.4, -0.2) is 30.2 Å². The Kier molecular flexibility index (Phi) is 6.55. The minimum absolute atomic E-state index is 0.427. The molecule has 112 valence electrons. The van der Waals surface area contributed by atoms with E-state index in [0.29, 0.717) is 17.6 Å². The summed E-state index contributed by atoms with van der Waals surface area (Å²) in [5, 5.41) is 3.84. The Morgan fingerprint density at radius 3 is 2.42 bits per heavy atom. The molecule has 0 aromatic heterocycles. The highest BCUT2D eigenvalue weighted by Gasteiger charge is 2.42. The number of hydrogen-bond acceptors (Lipinski definition) is 2. The van der Waals surface area contributed by atoms with Crippen molar-refractivity contribution in [3.8, 4) is 0 Å². The fraction of sp³-hybridized carbons (Fsp3) is 0.882. The van der Waals surface area contributed by atoms with Crippen LogP contribution in [0.1, 0.15) is 66.7 Å². The largest absolute Gasteiger partial charge is 0.297 e. The Morgan fingerprint density at radius 1 is 1.32 bits per heavy atom. The number of nitrogens with zero attached hydrogens (tertiary/aromatic N) is 1. The molecule has 0 saturated carbocycles. The van der Waals surface area contributed by atoms with Crippen molar-refractivity contribution in [2.24, 2.45) is 5.41 Å². The molecule has 1 rings (SSSR count). The van der Waals surface area contributed by atoms with Gasteiger partial charge in [0.05, 0.1) is 6.17 Å². The number of hydrogen-bond donors (Lipinski definition) is 1. The van der Waals surface area contributed by atoms with Crippen LogP contribution in [0.25, 0.3) is 0 Å². The van der Waals surface area contributed by atoms with Crippen LogP contribution in [-0.2, 0) is 0 Å². The third-order valence-electron chi connectivity index (χ3n) is 4.99. The summed E-state index contributed by atoms with van der Waals surface area (Å²) in [7, 11) is 0. The molecule has 1 saturated heterocycles. The van der Waals surface area contributed by atoms with E-state index in [1.807, 2.05) is 0 Å². The highest BCUT2D eigenvalue weighted by molar-refractivity contribution is 4.97. The number of nitrogens with one attached hydrogen (secondary N) is 1. The molecule has 2 unspecified atom stereocenters. The Bertz CT molecular complexity index is 281. The molecule has 1 N–H and O–H groups in total. The summed E-state index contributed by atoms with van der Waals surface area (Å²) < 4.78 is 0. The second-order valence-electron chi connectivity index (χ2n) is 6.44. The third kappa shape index (κ3) is 4.06. The minimum Gasteiger partial charge on any atom is -0.297 e. The fourth-order valence-electron chi connectivity index (χ4n) is 3.63. The van der Waals surface area contributed by atoms with Crippen LogP contribution in [0.15, 0.2) is 12.2 Å². The summed E-state index contributed by atoms with van der Waals surface area (Å²) >= 11 is 0. The molecule has 2 atom stereocenters. The Morgan fingerprint density at radius 2 is 1.95 bits per heavy atom. The standard InChI is InChI=1S/C17H34N2/c1-7-17(8-2,12-10-11-14(4)5)16-18-15(6)13-19(16)9-3/h15-16,18H,4,7-13H2,1-3,5-6H3. The summed E-state index contributed by atoms with van der Waals surface area (Å²) in [5.41, 5.74) is 1.75. The van der Waals surface area contributed by atoms with E-state index in [4.69, 9.17) is 0 Å². The predicted octanol–water partition coefficient (Wildman–Crippen LogP) is 4.18. The molecule has 1 heterocycles. The summed E-state index contributed by atoms with van der Waals surface area (Å²) in [6, 6.07) is 0.628. The lowest BCUT2D eigenvalue weighted by Crippen LogP contribution is -2.50. The van der Waals surface area contributed by atoms with Gasteiger partial charge in [-0.05, 0) is 57.9 Å². The van der Waals surface area contributed by atoms with Crippen molar-refractivity contribution in [2.75, 3.05) is 13.1 Å². The molecule has 2 nitrogen and oxygen atoms in total. The molecule has 2 heteroatoms. The third-order valence-corrected chi connectivity index (χ3v) is 4.99. The van der Waals surface area contributed by atoms with Gasteiger partial charge >= 0.3 is 0 Å². The second-order valence-corrected chi connectivity index (χ2v) is 6.44. The van der Waals surface area contributed by atoms with Crippen molar-refractivity contribution in [1.29, 1.82) is 0 Å². The van der Waals surface area contributed by atoms with Gasteiger partial charge in [-0.3, -0.25) is 10.2 Å². The van der Waals surface area contributed by atoms with Crippen molar-refractivity contribution in [3.63, 3.8) is 0 Å². The van der Waals surface area contributed by atoms with Gasteiger partial charge in [0, 0.05) is 12.6 Å². The first-order valence-electron chi connectivity index (χ1n) is 8.13.